The van der Waals surface area contributed by atoms with Gasteiger partial charge in [0, 0.05) is 13.2 Å². The van der Waals surface area contributed by atoms with Crippen molar-refractivity contribution in [2.45, 2.75) is 45.8 Å². The van der Waals surface area contributed by atoms with E-state index >= 15 is 0 Å². The lowest BCUT2D eigenvalue weighted by molar-refractivity contribution is 0.117. The van der Waals surface area contributed by atoms with Crippen LogP contribution in [0.2, 0.25) is 0 Å². The molecule has 0 amide bonds. The zero-order valence-electron chi connectivity index (χ0n) is 8.88. The summed E-state index contributed by atoms with van der Waals surface area (Å²) in [6.07, 6.45) is 4.23. The molecule has 0 aromatic rings. The fraction of sp³-hybridized carbons (Fsp3) is 1.00. The van der Waals surface area contributed by atoms with E-state index in [2.05, 4.69) is 12.2 Å². The van der Waals surface area contributed by atoms with Gasteiger partial charge in [0.25, 0.3) is 0 Å². The molecule has 0 heterocycles. The van der Waals surface area contributed by atoms with Gasteiger partial charge in [0.1, 0.15) is 6.23 Å². The van der Waals surface area contributed by atoms with Gasteiger partial charge in [-0.05, 0) is 26.3 Å². The summed E-state index contributed by atoms with van der Waals surface area (Å²) in [6, 6.07) is 0. The third kappa shape index (κ3) is 11.9. The van der Waals surface area contributed by atoms with E-state index in [0.29, 0.717) is 0 Å². The molecule has 1 atom stereocenters. The Morgan fingerprint density at radius 2 is 1.92 bits per heavy atom. The monoisotopic (exact) mass is 189 g/mol. The molecule has 80 valence electrons. The van der Waals surface area contributed by atoms with Crippen LogP contribution in [0.25, 0.3) is 0 Å². The summed E-state index contributed by atoms with van der Waals surface area (Å²) in [5.41, 5.74) is 0. The van der Waals surface area contributed by atoms with Gasteiger partial charge in [-0.2, -0.15) is 0 Å². The number of nitrogens with one attached hydrogen (secondary N) is 1. The highest BCUT2D eigenvalue weighted by atomic mass is 16.5. The van der Waals surface area contributed by atoms with Crippen LogP contribution in [-0.4, -0.2) is 31.1 Å². The van der Waals surface area contributed by atoms with Crippen LogP contribution in [0.1, 0.15) is 39.5 Å². The molecule has 0 spiro atoms. The molecule has 0 radical (unpaired) electrons. The first-order chi connectivity index (χ1) is 6.27. The average Bonchev–Trinajstić information content (AvgIpc) is 2.09. The van der Waals surface area contributed by atoms with Crippen LogP contribution in [0.3, 0.4) is 0 Å². The topological polar surface area (TPSA) is 41.5 Å². The van der Waals surface area contributed by atoms with Gasteiger partial charge in [0.15, 0.2) is 0 Å². The predicted octanol–water partition coefficient (Wildman–Crippen LogP) is 1.51. The van der Waals surface area contributed by atoms with Crippen LogP contribution in [0.4, 0.5) is 0 Å². The maximum atomic E-state index is 8.87. The van der Waals surface area contributed by atoms with Crippen molar-refractivity contribution in [3.63, 3.8) is 0 Å². The Bertz CT molecular complexity index is 96.9. The number of hydrogen-bond acceptors (Lipinski definition) is 3. The van der Waals surface area contributed by atoms with Crippen molar-refractivity contribution in [3.05, 3.63) is 0 Å². The molecule has 2 N–H and O–H groups in total. The van der Waals surface area contributed by atoms with Crippen LogP contribution in [0.5, 0.6) is 0 Å². The van der Waals surface area contributed by atoms with E-state index in [1.54, 1.807) is 6.92 Å². The standard InChI is InChI=1S/C10H23NO2/c1-3-4-5-8-13-9-6-7-11-10(2)12/h10-12H,3-9H2,1-2H3. The van der Waals surface area contributed by atoms with Gasteiger partial charge in [0.2, 0.25) is 0 Å². The summed E-state index contributed by atoms with van der Waals surface area (Å²) < 4.78 is 5.40. The largest absolute Gasteiger partial charge is 0.381 e. The zero-order valence-corrected chi connectivity index (χ0v) is 8.88. The Hall–Kier alpha value is -0.120. The van der Waals surface area contributed by atoms with E-state index in [1.165, 1.54) is 19.3 Å². The highest BCUT2D eigenvalue weighted by Gasteiger charge is 1.93. The summed E-state index contributed by atoms with van der Waals surface area (Å²) in [4.78, 5) is 0. The maximum Gasteiger partial charge on any atom is 0.102 e. The second-order valence-corrected chi connectivity index (χ2v) is 3.30. The van der Waals surface area contributed by atoms with Gasteiger partial charge < -0.3 is 9.84 Å². The Balaban J connectivity index is 2.84. The summed E-state index contributed by atoms with van der Waals surface area (Å²) in [6.45, 7) is 6.41. The molecule has 3 heteroatoms. The minimum absolute atomic E-state index is 0.403. The third-order valence-electron chi connectivity index (χ3n) is 1.80. The van der Waals surface area contributed by atoms with Crippen molar-refractivity contribution in [2.24, 2.45) is 0 Å². The minimum atomic E-state index is -0.403. The molecule has 3 nitrogen and oxygen atoms in total. The first kappa shape index (κ1) is 12.9. The van der Waals surface area contributed by atoms with Crippen LogP contribution in [0, 0.1) is 0 Å². The number of hydrogen-bond donors (Lipinski definition) is 2. The molecular formula is C10H23NO2. The number of unbranched alkanes of at least 4 members (excludes halogenated alkanes) is 2. The van der Waals surface area contributed by atoms with E-state index < -0.39 is 6.23 Å². The van der Waals surface area contributed by atoms with Crippen molar-refractivity contribution >= 4 is 0 Å². The molecule has 0 rings (SSSR count). The van der Waals surface area contributed by atoms with E-state index in [9.17, 15) is 0 Å². The Morgan fingerprint density at radius 3 is 2.54 bits per heavy atom. The number of aliphatic hydroxyl groups is 1. The van der Waals surface area contributed by atoms with Crippen LogP contribution in [-0.2, 0) is 4.74 Å². The first-order valence-corrected chi connectivity index (χ1v) is 5.26. The highest BCUT2D eigenvalue weighted by molar-refractivity contribution is 4.46. The zero-order chi connectivity index (χ0) is 9.94. The van der Waals surface area contributed by atoms with Gasteiger partial charge in [-0.3, -0.25) is 5.32 Å². The van der Waals surface area contributed by atoms with Crippen molar-refractivity contribution in [3.8, 4) is 0 Å². The predicted molar refractivity (Wildman–Crippen MR) is 54.6 cm³/mol. The van der Waals surface area contributed by atoms with Gasteiger partial charge in [-0.25, -0.2) is 0 Å². The molecule has 0 saturated heterocycles. The van der Waals surface area contributed by atoms with Gasteiger partial charge in [0.05, 0.1) is 0 Å². The second-order valence-electron chi connectivity index (χ2n) is 3.30. The van der Waals surface area contributed by atoms with Crippen molar-refractivity contribution < 1.29 is 9.84 Å². The quantitative estimate of drug-likeness (QED) is 0.427. The summed E-state index contributed by atoms with van der Waals surface area (Å²) >= 11 is 0. The number of ether oxygens (including phenoxy) is 1. The summed E-state index contributed by atoms with van der Waals surface area (Å²) in [5.74, 6) is 0. The molecule has 13 heavy (non-hydrogen) atoms. The lowest BCUT2D eigenvalue weighted by Crippen LogP contribution is -2.26. The van der Waals surface area contributed by atoms with Crippen LogP contribution >= 0.6 is 0 Å². The minimum Gasteiger partial charge on any atom is -0.381 e. The fourth-order valence-electron chi connectivity index (χ4n) is 1.04. The van der Waals surface area contributed by atoms with Crippen molar-refractivity contribution in [1.29, 1.82) is 0 Å². The van der Waals surface area contributed by atoms with E-state index in [1.807, 2.05) is 0 Å². The van der Waals surface area contributed by atoms with E-state index in [0.717, 1.165) is 26.2 Å². The lowest BCUT2D eigenvalue weighted by atomic mass is 10.3. The van der Waals surface area contributed by atoms with Gasteiger partial charge >= 0.3 is 0 Å². The molecule has 1 unspecified atom stereocenters. The van der Waals surface area contributed by atoms with Gasteiger partial charge in [-0.15, -0.1) is 0 Å². The molecule has 0 fully saturated rings. The smallest absolute Gasteiger partial charge is 0.102 e. The first-order valence-electron chi connectivity index (χ1n) is 5.26. The second kappa shape index (κ2) is 9.96. The molecular weight excluding hydrogens is 166 g/mol. The van der Waals surface area contributed by atoms with Crippen LogP contribution in [0.15, 0.2) is 0 Å². The molecule has 0 aromatic carbocycles. The SMILES string of the molecule is CCCCCOCCCNC(C)O. The number of rotatable bonds is 9. The normalized spacial score (nSPS) is 13.2. The fourth-order valence-corrected chi connectivity index (χ4v) is 1.04. The Morgan fingerprint density at radius 1 is 1.23 bits per heavy atom. The molecule has 0 aliphatic rings. The highest BCUT2D eigenvalue weighted by Crippen LogP contribution is 1.94. The van der Waals surface area contributed by atoms with Crippen molar-refractivity contribution in [1.82, 2.24) is 5.32 Å². The van der Waals surface area contributed by atoms with Gasteiger partial charge in [-0.1, -0.05) is 19.8 Å². The maximum absolute atomic E-state index is 8.87. The molecule has 0 aliphatic carbocycles. The Labute approximate surface area is 81.5 Å². The summed E-state index contributed by atoms with van der Waals surface area (Å²) in [7, 11) is 0. The molecule has 0 aliphatic heterocycles. The molecule has 0 bridgehead atoms. The summed E-state index contributed by atoms with van der Waals surface area (Å²) in [5, 5.41) is 11.8. The van der Waals surface area contributed by atoms with E-state index in [4.69, 9.17) is 9.84 Å². The van der Waals surface area contributed by atoms with E-state index in [-0.39, 0.29) is 0 Å². The number of aliphatic hydroxyl groups excluding tert-OH is 1. The van der Waals surface area contributed by atoms with Crippen molar-refractivity contribution in [2.75, 3.05) is 19.8 Å². The lowest BCUT2D eigenvalue weighted by Gasteiger charge is -2.07. The molecule has 0 saturated carbocycles. The third-order valence-corrected chi connectivity index (χ3v) is 1.80. The average molecular weight is 189 g/mol. The molecule has 0 aromatic heterocycles. The van der Waals surface area contributed by atoms with Crippen LogP contribution < -0.4 is 5.32 Å². The Kier molecular flexibility index (Phi) is 9.87.